The molecule has 1 atom stereocenters. The smallest absolute Gasteiger partial charge is 0.325 e. The molecule has 1 rings (SSSR count). The lowest BCUT2D eigenvalue weighted by molar-refractivity contribution is -0.139. The largest absolute Gasteiger partial charge is 0.480 e. The van der Waals surface area contributed by atoms with Crippen LogP contribution >= 0.6 is 0 Å². The van der Waals surface area contributed by atoms with Crippen LogP contribution < -0.4 is 5.32 Å². The van der Waals surface area contributed by atoms with Crippen LogP contribution in [0, 0.1) is 11.3 Å². The Labute approximate surface area is 109 Å². The Morgan fingerprint density at radius 2 is 1.83 bits per heavy atom. The summed E-state index contributed by atoms with van der Waals surface area (Å²) >= 11 is 0. The standard InChI is InChI=1S/C15H23NO2/c1-11(2)15(3,4)10-16-13(14(17)18)12-8-6-5-7-9-12/h5-9,11,13,16H,10H2,1-4H3,(H,17,18). The molecule has 1 aromatic carbocycles. The van der Waals surface area contributed by atoms with Crippen LogP contribution in [0.4, 0.5) is 0 Å². The van der Waals surface area contributed by atoms with Crippen molar-refractivity contribution in [3.05, 3.63) is 35.9 Å². The van der Waals surface area contributed by atoms with Gasteiger partial charge >= 0.3 is 5.97 Å². The Morgan fingerprint density at radius 1 is 1.28 bits per heavy atom. The van der Waals surface area contributed by atoms with E-state index in [1.807, 2.05) is 30.3 Å². The summed E-state index contributed by atoms with van der Waals surface area (Å²) in [5.41, 5.74) is 0.868. The number of carboxylic acid groups (broad SMARTS) is 1. The second-order valence-corrected chi connectivity index (χ2v) is 5.71. The molecule has 0 saturated heterocycles. The number of aliphatic carboxylic acids is 1. The zero-order chi connectivity index (χ0) is 13.8. The molecule has 0 heterocycles. The van der Waals surface area contributed by atoms with Crippen molar-refractivity contribution in [2.24, 2.45) is 11.3 Å². The molecule has 0 amide bonds. The van der Waals surface area contributed by atoms with E-state index in [0.29, 0.717) is 12.5 Å². The average molecular weight is 249 g/mol. The zero-order valence-corrected chi connectivity index (χ0v) is 11.6. The molecular formula is C15H23NO2. The Hall–Kier alpha value is -1.35. The maximum Gasteiger partial charge on any atom is 0.325 e. The van der Waals surface area contributed by atoms with E-state index in [2.05, 4.69) is 33.0 Å². The van der Waals surface area contributed by atoms with Crippen LogP contribution in [0.5, 0.6) is 0 Å². The van der Waals surface area contributed by atoms with Gasteiger partial charge in [-0.3, -0.25) is 4.79 Å². The van der Waals surface area contributed by atoms with Crippen LogP contribution in [0.2, 0.25) is 0 Å². The summed E-state index contributed by atoms with van der Waals surface area (Å²) in [5, 5.41) is 12.5. The lowest BCUT2D eigenvalue weighted by Crippen LogP contribution is -2.38. The first kappa shape index (κ1) is 14.7. The monoisotopic (exact) mass is 249 g/mol. The first-order chi connectivity index (χ1) is 8.34. The van der Waals surface area contributed by atoms with E-state index in [0.717, 1.165) is 5.56 Å². The number of hydrogen-bond donors (Lipinski definition) is 2. The van der Waals surface area contributed by atoms with Crippen molar-refractivity contribution in [3.8, 4) is 0 Å². The van der Waals surface area contributed by atoms with E-state index >= 15 is 0 Å². The molecule has 3 nitrogen and oxygen atoms in total. The van der Waals surface area contributed by atoms with Gasteiger partial charge in [0.25, 0.3) is 0 Å². The lowest BCUT2D eigenvalue weighted by atomic mass is 9.81. The van der Waals surface area contributed by atoms with Gasteiger partial charge in [0.2, 0.25) is 0 Å². The average Bonchev–Trinajstić information content (AvgIpc) is 2.29. The molecule has 0 aliphatic carbocycles. The van der Waals surface area contributed by atoms with Gasteiger partial charge in [-0.05, 0) is 16.9 Å². The summed E-state index contributed by atoms with van der Waals surface area (Å²) in [6.07, 6.45) is 0. The Morgan fingerprint density at radius 3 is 2.28 bits per heavy atom. The van der Waals surface area contributed by atoms with Crippen molar-refractivity contribution in [2.45, 2.75) is 33.7 Å². The fraction of sp³-hybridized carbons (Fsp3) is 0.533. The quantitative estimate of drug-likeness (QED) is 0.814. The van der Waals surface area contributed by atoms with E-state index in [4.69, 9.17) is 0 Å². The highest BCUT2D eigenvalue weighted by Crippen LogP contribution is 2.26. The molecule has 0 aliphatic rings. The molecule has 0 fully saturated rings. The molecule has 18 heavy (non-hydrogen) atoms. The number of rotatable bonds is 6. The molecule has 1 unspecified atom stereocenters. The van der Waals surface area contributed by atoms with Crippen LogP contribution in [0.25, 0.3) is 0 Å². The highest BCUT2D eigenvalue weighted by molar-refractivity contribution is 5.75. The topological polar surface area (TPSA) is 49.3 Å². The third-order valence-corrected chi connectivity index (χ3v) is 3.70. The van der Waals surface area contributed by atoms with Crippen molar-refractivity contribution < 1.29 is 9.90 Å². The summed E-state index contributed by atoms with van der Waals surface area (Å²) in [6.45, 7) is 9.28. The molecule has 1 aromatic rings. The normalized spacial score (nSPS) is 13.6. The van der Waals surface area contributed by atoms with Gasteiger partial charge in [0.15, 0.2) is 0 Å². The predicted octanol–water partition coefficient (Wildman–Crippen LogP) is 3.08. The summed E-state index contributed by atoms with van der Waals surface area (Å²) in [7, 11) is 0. The van der Waals surface area contributed by atoms with Crippen LogP contribution in [0.3, 0.4) is 0 Å². The highest BCUT2D eigenvalue weighted by Gasteiger charge is 2.26. The van der Waals surface area contributed by atoms with Gasteiger partial charge in [-0.1, -0.05) is 58.0 Å². The minimum atomic E-state index is -0.833. The molecule has 0 radical (unpaired) electrons. The predicted molar refractivity (Wildman–Crippen MR) is 73.4 cm³/mol. The van der Waals surface area contributed by atoms with Gasteiger partial charge in [0.05, 0.1) is 0 Å². The molecule has 3 heteroatoms. The third-order valence-electron chi connectivity index (χ3n) is 3.70. The van der Waals surface area contributed by atoms with E-state index in [-0.39, 0.29) is 5.41 Å². The fourth-order valence-electron chi connectivity index (χ4n) is 1.56. The van der Waals surface area contributed by atoms with Crippen molar-refractivity contribution in [1.29, 1.82) is 0 Å². The van der Waals surface area contributed by atoms with Gasteiger partial charge in [0, 0.05) is 6.54 Å². The third kappa shape index (κ3) is 3.84. The van der Waals surface area contributed by atoms with Crippen molar-refractivity contribution in [3.63, 3.8) is 0 Å². The number of hydrogen-bond acceptors (Lipinski definition) is 2. The highest BCUT2D eigenvalue weighted by atomic mass is 16.4. The van der Waals surface area contributed by atoms with Gasteiger partial charge < -0.3 is 10.4 Å². The van der Waals surface area contributed by atoms with E-state index in [1.54, 1.807) is 0 Å². The Kier molecular flexibility index (Phi) is 4.91. The number of carboxylic acids is 1. The molecule has 0 aromatic heterocycles. The van der Waals surface area contributed by atoms with Gasteiger partial charge in [-0.15, -0.1) is 0 Å². The molecular weight excluding hydrogens is 226 g/mol. The van der Waals surface area contributed by atoms with E-state index < -0.39 is 12.0 Å². The van der Waals surface area contributed by atoms with Gasteiger partial charge in [0.1, 0.15) is 6.04 Å². The Bertz CT molecular complexity index is 385. The van der Waals surface area contributed by atoms with Crippen molar-refractivity contribution in [2.75, 3.05) is 6.54 Å². The molecule has 2 N–H and O–H groups in total. The minimum absolute atomic E-state index is 0.0719. The maximum absolute atomic E-state index is 11.3. The molecule has 0 saturated carbocycles. The summed E-state index contributed by atoms with van der Waals surface area (Å²) < 4.78 is 0. The Balaban J connectivity index is 2.75. The number of nitrogens with one attached hydrogen (secondary N) is 1. The molecule has 100 valence electrons. The summed E-state index contributed by atoms with van der Waals surface area (Å²) in [4.78, 5) is 11.3. The second kappa shape index (κ2) is 6.01. The SMILES string of the molecule is CC(C)C(C)(C)CNC(C(=O)O)c1ccccc1. The van der Waals surface area contributed by atoms with E-state index in [9.17, 15) is 9.90 Å². The van der Waals surface area contributed by atoms with Crippen LogP contribution in [-0.2, 0) is 4.79 Å². The van der Waals surface area contributed by atoms with E-state index in [1.165, 1.54) is 0 Å². The minimum Gasteiger partial charge on any atom is -0.480 e. The van der Waals surface area contributed by atoms with Crippen LogP contribution in [0.15, 0.2) is 30.3 Å². The van der Waals surface area contributed by atoms with Crippen molar-refractivity contribution >= 4 is 5.97 Å². The van der Waals surface area contributed by atoms with Crippen LogP contribution in [-0.4, -0.2) is 17.6 Å². The van der Waals surface area contributed by atoms with Crippen LogP contribution in [0.1, 0.15) is 39.3 Å². The molecule has 0 aliphatic heterocycles. The molecule has 0 bridgehead atoms. The maximum atomic E-state index is 11.3. The zero-order valence-electron chi connectivity index (χ0n) is 11.6. The first-order valence-corrected chi connectivity index (χ1v) is 6.35. The number of carbonyl (C=O) groups is 1. The summed E-state index contributed by atoms with van der Waals surface area (Å²) in [5.74, 6) is -0.337. The fourth-order valence-corrected chi connectivity index (χ4v) is 1.56. The first-order valence-electron chi connectivity index (χ1n) is 6.35. The van der Waals surface area contributed by atoms with Crippen molar-refractivity contribution in [1.82, 2.24) is 5.32 Å². The van der Waals surface area contributed by atoms with Gasteiger partial charge in [-0.25, -0.2) is 0 Å². The number of benzene rings is 1. The lowest BCUT2D eigenvalue weighted by Gasteiger charge is -2.31. The van der Waals surface area contributed by atoms with Gasteiger partial charge in [-0.2, -0.15) is 0 Å². The summed E-state index contributed by atoms with van der Waals surface area (Å²) in [6, 6.07) is 8.66. The molecule has 0 spiro atoms. The second-order valence-electron chi connectivity index (χ2n) is 5.71.